The van der Waals surface area contributed by atoms with Crippen LogP contribution in [0.3, 0.4) is 0 Å². The van der Waals surface area contributed by atoms with Crippen LogP contribution in [0.5, 0.6) is 5.75 Å². The number of carbonyl (C=O) groups is 2. The number of carboxylic acids is 1. The second-order valence-electron chi connectivity index (χ2n) is 5.17. The molecule has 0 unspecified atom stereocenters. The van der Waals surface area contributed by atoms with E-state index in [9.17, 15) is 9.59 Å². The Morgan fingerprint density at radius 3 is 2.71 bits per heavy atom. The molecule has 0 bridgehead atoms. The second-order valence-corrected chi connectivity index (χ2v) is 6.09. The first-order chi connectivity index (χ1) is 9.88. The fraction of sp³-hybridized carbons (Fsp3) is 0.333. The smallest absolute Gasteiger partial charge is 0.326 e. The standard InChI is InChI=1S/C15H16BrNO4/c1-8(2)13(15(19)20)17-14(18)10-5-9-6-11(16)3-4-12(9)21-7-10/h3-6,8,13H,7H2,1-2H3,(H,17,18)(H,19,20)/t13-/m0/s1. The predicted octanol–water partition coefficient (Wildman–Crippen LogP) is 2.45. The molecule has 1 amide bonds. The van der Waals surface area contributed by atoms with Crippen LogP contribution in [0.2, 0.25) is 0 Å². The number of carboxylic acid groups (broad SMARTS) is 1. The molecule has 112 valence electrons. The number of nitrogens with one attached hydrogen (secondary N) is 1. The van der Waals surface area contributed by atoms with Gasteiger partial charge >= 0.3 is 5.97 Å². The van der Waals surface area contributed by atoms with Gasteiger partial charge in [0.15, 0.2) is 0 Å². The zero-order valence-corrected chi connectivity index (χ0v) is 13.3. The van der Waals surface area contributed by atoms with E-state index in [2.05, 4.69) is 21.2 Å². The van der Waals surface area contributed by atoms with Gasteiger partial charge in [0, 0.05) is 10.0 Å². The van der Waals surface area contributed by atoms with Gasteiger partial charge in [-0.2, -0.15) is 0 Å². The van der Waals surface area contributed by atoms with Crippen molar-refractivity contribution in [2.45, 2.75) is 19.9 Å². The van der Waals surface area contributed by atoms with Gasteiger partial charge < -0.3 is 15.2 Å². The quantitative estimate of drug-likeness (QED) is 0.871. The number of fused-ring (bicyclic) bond motifs is 1. The van der Waals surface area contributed by atoms with Crippen molar-refractivity contribution in [3.63, 3.8) is 0 Å². The van der Waals surface area contributed by atoms with Crippen LogP contribution in [-0.4, -0.2) is 29.6 Å². The third-order valence-electron chi connectivity index (χ3n) is 3.20. The lowest BCUT2D eigenvalue weighted by atomic mass is 10.0. The average molecular weight is 354 g/mol. The van der Waals surface area contributed by atoms with E-state index in [-0.39, 0.29) is 12.5 Å². The van der Waals surface area contributed by atoms with Crippen molar-refractivity contribution in [1.82, 2.24) is 5.32 Å². The third-order valence-corrected chi connectivity index (χ3v) is 3.69. The summed E-state index contributed by atoms with van der Waals surface area (Å²) in [5.41, 5.74) is 1.20. The molecule has 1 aliphatic rings. The van der Waals surface area contributed by atoms with E-state index in [1.807, 2.05) is 18.2 Å². The molecule has 1 aliphatic heterocycles. The van der Waals surface area contributed by atoms with E-state index in [1.54, 1.807) is 19.9 Å². The van der Waals surface area contributed by atoms with Gasteiger partial charge in [-0.15, -0.1) is 0 Å². The Morgan fingerprint density at radius 2 is 2.10 bits per heavy atom. The minimum atomic E-state index is -1.04. The Morgan fingerprint density at radius 1 is 1.38 bits per heavy atom. The number of aliphatic carboxylic acids is 1. The zero-order valence-electron chi connectivity index (χ0n) is 11.7. The minimum Gasteiger partial charge on any atom is -0.488 e. The lowest BCUT2D eigenvalue weighted by Crippen LogP contribution is -2.45. The van der Waals surface area contributed by atoms with E-state index >= 15 is 0 Å². The molecule has 0 saturated heterocycles. The maximum atomic E-state index is 12.2. The van der Waals surface area contributed by atoms with Crippen molar-refractivity contribution in [3.8, 4) is 5.75 Å². The summed E-state index contributed by atoms with van der Waals surface area (Å²) in [5.74, 6) is -0.952. The normalized spacial score (nSPS) is 14.8. The van der Waals surface area contributed by atoms with Gasteiger partial charge in [-0.3, -0.25) is 4.79 Å². The molecule has 1 aromatic rings. The molecular formula is C15H16BrNO4. The average Bonchev–Trinajstić information content (AvgIpc) is 2.42. The fourth-order valence-electron chi connectivity index (χ4n) is 2.03. The van der Waals surface area contributed by atoms with E-state index < -0.39 is 17.9 Å². The molecule has 6 heteroatoms. The van der Waals surface area contributed by atoms with Crippen LogP contribution < -0.4 is 10.1 Å². The molecule has 1 heterocycles. The molecule has 21 heavy (non-hydrogen) atoms. The Balaban J connectivity index is 2.19. The molecule has 0 spiro atoms. The van der Waals surface area contributed by atoms with E-state index in [4.69, 9.17) is 9.84 Å². The number of halogens is 1. The van der Waals surface area contributed by atoms with Crippen molar-refractivity contribution < 1.29 is 19.4 Å². The Hall–Kier alpha value is -1.82. The number of ether oxygens (including phenoxy) is 1. The molecule has 0 radical (unpaired) electrons. The van der Waals surface area contributed by atoms with Gasteiger partial charge in [-0.25, -0.2) is 4.79 Å². The van der Waals surface area contributed by atoms with Crippen LogP contribution in [0.25, 0.3) is 6.08 Å². The van der Waals surface area contributed by atoms with Gasteiger partial charge in [0.25, 0.3) is 5.91 Å². The highest BCUT2D eigenvalue weighted by atomic mass is 79.9. The topological polar surface area (TPSA) is 75.6 Å². The van der Waals surface area contributed by atoms with Gasteiger partial charge in [0.05, 0.1) is 5.57 Å². The molecule has 2 rings (SSSR count). The third kappa shape index (κ3) is 3.64. The summed E-state index contributed by atoms with van der Waals surface area (Å²) < 4.78 is 6.40. The SMILES string of the molecule is CC(C)[C@H](NC(=O)C1=Cc2cc(Br)ccc2OC1)C(=O)O. The van der Waals surface area contributed by atoms with Crippen molar-refractivity contribution in [1.29, 1.82) is 0 Å². The number of benzene rings is 1. The molecule has 0 aromatic heterocycles. The number of rotatable bonds is 4. The molecule has 5 nitrogen and oxygen atoms in total. The first-order valence-corrected chi connectivity index (χ1v) is 7.34. The Labute approximate surface area is 131 Å². The summed E-state index contributed by atoms with van der Waals surface area (Å²) in [6.45, 7) is 3.62. The minimum absolute atomic E-state index is 0.130. The van der Waals surface area contributed by atoms with Gasteiger partial charge in [0.2, 0.25) is 0 Å². The summed E-state index contributed by atoms with van der Waals surface area (Å²) in [4.78, 5) is 23.3. The molecule has 0 fully saturated rings. The fourth-order valence-corrected chi connectivity index (χ4v) is 2.41. The van der Waals surface area contributed by atoms with Crippen molar-refractivity contribution in [2.75, 3.05) is 6.61 Å². The van der Waals surface area contributed by atoms with E-state index in [1.165, 1.54) is 0 Å². The first-order valence-electron chi connectivity index (χ1n) is 6.55. The maximum Gasteiger partial charge on any atom is 0.326 e. The van der Waals surface area contributed by atoms with Crippen molar-refractivity contribution >= 4 is 33.9 Å². The Bertz CT molecular complexity index is 610. The van der Waals surface area contributed by atoms with Crippen LogP contribution in [0.15, 0.2) is 28.2 Å². The second kappa shape index (κ2) is 6.30. The highest BCUT2D eigenvalue weighted by Crippen LogP contribution is 2.29. The summed E-state index contributed by atoms with van der Waals surface area (Å²) in [6.07, 6.45) is 1.72. The molecule has 1 aromatic carbocycles. The number of amides is 1. The Kier molecular flexibility index (Phi) is 4.67. The summed E-state index contributed by atoms with van der Waals surface area (Å²) in [6, 6.07) is 4.61. The van der Waals surface area contributed by atoms with Gasteiger partial charge in [-0.1, -0.05) is 29.8 Å². The van der Waals surface area contributed by atoms with Crippen LogP contribution in [-0.2, 0) is 9.59 Å². The van der Waals surface area contributed by atoms with Crippen LogP contribution >= 0.6 is 15.9 Å². The molecule has 2 N–H and O–H groups in total. The van der Waals surface area contributed by atoms with Gasteiger partial charge in [-0.05, 0) is 30.2 Å². The largest absolute Gasteiger partial charge is 0.488 e. The van der Waals surface area contributed by atoms with Crippen LogP contribution in [0, 0.1) is 5.92 Å². The summed E-state index contributed by atoms with van der Waals surface area (Å²) >= 11 is 3.36. The highest BCUT2D eigenvalue weighted by molar-refractivity contribution is 9.10. The maximum absolute atomic E-state index is 12.2. The van der Waals surface area contributed by atoms with E-state index in [0.717, 1.165) is 10.0 Å². The van der Waals surface area contributed by atoms with E-state index in [0.29, 0.717) is 11.3 Å². The molecule has 0 saturated carbocycles. The summed E-state index contributed by atoms with van der Waals surface area (Å²) in [5, 5.41) is 11.6. The number of carbonyl (C=O) groups excluding carboxylic acids is 1. The van der Waals surface area contributed by atoms with Crippen LogP contribution in [0.1, 0.15) is 19.4 Å². The number of hydrogen-bond acceptors (Lipinski definition) is 3. The lowest BCUT2D eigenvalue weighted by molar-refractivity contribution is -0.142. The van der Waals surface area contributed by atoms with Crippen molar-refractivity contribution in [3.05, 3.63) is 33.8 Å². The molecule has 1 atom stereocenters. The lowest BCUT2D eigenvalue weighted by Gasteiger charge is -2.21. The highest BCUT2D eigenvalue weighted by Gasteiger charge is 2.26. The molecular weight excluding hydrogens is 338 g/mol. The zero-order chi connectivity index (χ0) is 15.6. The monoisotopic (exact) mass is 353 g/mol. The molecule has 0 aliphatic carbocycles. The summed E-state index contributed by atoms with van der Waals surface area (Å²) in [7, 11) is 0. The van der Waals surface area contributed by atoms with Crippen LogP contribution in [0.4, 0.5) is 0 Å². The van der Waals surface area contributed by atoms with Gasteiger partial charge in [0.1, 0.15) is 18.4 Å². The first kappa shape index (κ1) is 15.6. The van der Waals surface area contributed by atoms with Crippen molar-refractivity contribution in [2.24, 2.45) is 5.92 Å². The predicted molar refractivity (Wildman–Crippen MR) is 82.0 cm³/mol. The number of hydrogen-bond donors (Lipinski definition) is 2.